The summed E-state index contributed by atoms with van der Waals surface area (Å²) in [6.45, 7) is 0.789. The molecule has 5 heteroatoms. The van der Waals surface area contributed by atoms with Gasteiger partial charge >= 0.3 is 5.97 Å². The number of hydrogen-bond donors (Lipinski definition) is 2. The third kappa shape index (κ3) is 3.66. The highest BCUT2D eigenvalue weighted by Crippen LogP contribution is 2.61. The van der Waals surface area contributed by atoms with Gasteiger partial charge in [0.05, 0.1) is 12.1 Å². The van der Waals surface area contributed by atoms with Crippen LogP contribution in [0.4, 0.5) is 0 Å². The van der Waals surface area contributed by atoms with Gasteiger partial charge in [-0.2, -0.15) is 0 Å². The first-order valence-corrected chi connectivity index (χ1v) is 8.35. The number of carbonyl (C=O) groups is 2. The number of amides is 1. The Balaban J connectivity index is 1.39. The summed E-state index contributed by atoms with van der Waals surface area (Å²) < 4.78 is 5.51. The van der Waals surface area contributed by atoms with Crippen LogP contribution in [0.5, 0.6) is 5.75 Å². The number of aromatic carboxylic acids is 1. The summed E-state index contributed by atoms with van der Waals surface area (Å²) in [5.74, 6) is -0.127. The normalized spacial score (nSPS) is 21.7. The van der Waals surface area contributed by atoms with E-state index < -0.39 is 5.97 Å². The molecule has 2 saturated carbocycles. The number of carbonyl (C=O) groups excluding carboxylic acids is 1. The van der Waals surface area contributed by atoms with E-state index in [1.54, 1.807) is 12.1 Å². The molecule has 0 radical (unpaired) electrons. The van der Waals surface area contributed by atoms with Crippen LogP contribution in [0, 0.1) is 11.3 Å². The number of carboxylic acids is 1. The standard InChI is InChI=1S/C18H23NO4/c20-16(15-12-18(15)7-2-1-3-8-18)19-9-10-23-14-6-4-5-13(11-14)17(21)22/h4-6,11,15H,1-3,7-10,12H2,(H,19,20)(H,21,22)/t15-/m1/s1. The molecule has 0 heterocycles. The van der Waals surface area contributed by atoms with E-state index in [-0.39, 0.29) is 17.4 Å². The molecule has 0 unspecified atom stereocenters. The maximum atomic E-state index is 12.2. The van der Waals surface area contributed by atoms with E-state index >= 15 is 0 Å². The third-order valence-corrected chi connectivity index (χ3v) is 5.11. The Morgan fingerprint density at radius 2 is 2.04 bits per heavy atom. The van der Waals surface area contributed by atoms with Crippen LogP contribution in [0.2, 0.25) is 0 Å². The van der Waals surface area contributed by atoms with Crippen molar-refractivity contribution in [3.8, 4) is 5.75 Å². The summed E-state index contributed by atoms with van der Waals surface area (Å²) in [5.41, 5.74) is 0.502. The first-order valence-electron chi connectivity index (χ1n) is 8.35. The van der Waals surface area contributed by atoms with Gasteiger partial charge in [-0.05, 0) is 42.9 Å². The molecule has 2 N–H and O–H groups in total. The molecule has 124 valence electrons. The molecule has 0 bridgehead atoms. The average molecular weight is 317 g/mol. The fourth-order valence-corrected chi connectivity index (χ4v) is 3.71. The smallest absolute Gasteiger partial charge is 0.335 e. The van der Waals surface area contributed by atoms with Crippen LogP contribution >= 0.6 is 0 Å². The molecule has 2 aliphatic carbocycles. The lowest BCUT2D eigenvalue weighted by molar-refractivity contribution is -0.123. The Labute approximate surface area is 136 Å². The van der Waals surface area contributed by atoms with E-state index in [0.717, 1.165) is 6.42 Å². The van der Waals surface area contributed by atoms with Crippen molar-refractivity contribution in [2.24, 2.45) is 11.3 Å². The zero-order chi connectivity index (χ0) is 16.3. The molecule has 1 amide bonds. The van der Waals surface area contributed by atoms with Crippen molar-refractivity contribution in [3.63, 3.8) is 0 Å². The lowest BCUT2D eigenvalue weighted by atomic mass is 9.84. The number of nitrogens with one attached hydrogen (secondary N) is 1. The number of benzene rings is 1. The molecule has 23 heavy (non-hydrogen) atoms. The quantitative estimate of drug-likeness (QED) is 0.791. The van der Waals surface area contributed by atoms with Crippen LogP contribution in [0.1, 0.15) is 48.9 Å². The Kier molecular flexibility index (Phi) is 4.55. The van der Waals surface area contributed by atoms with Crippen molar-refractivity contribution in [2.45, 2.75) is 38.5 Å². The maximum absolute atomic E-state index is 12.2. The van der Waals surface area contributed by atoms with E-state index in [1.165, 1.54) is 44.2 Å². The Hall–Kier alpha value is -2.04. The monoisotopic (exact) mass is 317 g/mol. The van der Waals surface area contributed by atoms with Crippen molar-refractivity contribution >= 4 is 11.9 Å². The summed E-state index contributed by atoms with van der Waals surface area (Å²) in [6, 6.07) is 6.37. The van der Waals surface area contributed by atoms with Crippen LogP contribution < -0.4 is 10.1 Å². The number of ether oxygens (including phenoxy) is 1. The van der Waals surface area contributed by atoms with Gasteiger partial charge in [-0.15, -0.1) is 0 Å². The Morgan fingerprint density at radius 1 is 1.26 bits per heavy atom. The van der Waals surface area contributed by atoms with Gasteiger partial charge in [0.1, 0.15) is 12.4 Å². The predicted octanol–water partition coefficient (Wildman–Crippen LogP) is 2.85. The second-order valence-electron chi connectivity index (χ2n) is 6.65. The minimum atomic E-state index is -0.977. The minimum Gasteiger partial charge on any atom is -0.492 e. The van der Waals surface area contributed by atoms with Crippen LogP contribution in [0.3, 0.4) is 0 Å². The largest absolute Gasteiger partial charge is 0.492 e. The molecule has 0 aliphatic heterocycles. The molecule has 2 aliphatic rings. The zero-order valence-corrected chi connectivity index (χ0v) is 13.2. The molecule has 5 nitrogen and oxygen atoms in total. The van der Waals surface area contributed by atoms with Gasteiger partial charge in [0.15, 0.2) is 0 Å². The van der Waals surface area contributed by atoms with E-state index in [1.807, 2.05) is 0 Å². The van der Waals surface area contributed by atoms with Gasteiger partial charge in [-0.1, -0.05) is 25.3 Å². The summed E-state index contributed by atoms with van der Waals surface area (Å²) in [4.78, 5) is 23.1. The summed E-state index contributed by atoms with van der Waals surface area (Å²) in [7, 11) is 0. The lowest BCUT2D eigenvalue weighted by Gasteiger charge is -2.22. The Bertz CT molecular complexity index is 592. The van der Waals surface area contributed by atoms with Crippen molar-refractivity contribution in [1.29, 1.82) is 0 Å². The SMILES string of the molecule is O=C(O)c1cccc(OCCNC(=O)[C@H]2CC23CCCCC3)c1. The highest BCUT2D eigenvalue weighted by Gasteiger charge is 2.57. The number of carboxylic acid groups (broad SMARTS) is 1. The molecule has 1 aromatic carbocycles. The fraction of sp³-hybridized carbons (Fsp3) is 0.556. The van der Waals surface area contributed by atoms with Crippen LogP contribution in [-0.4, -0.2) is 30.1 Å². The molecular formula is C18H23NO4. The fourth-order valence-electron chi connectivity index (χ4n) is 3.71. The van der Waals surface area contributed by atoms with E-state index in [4.69, 9.17) is 9.84 Å². The average Bonchev–Trinajstić information content (AvgIpc) is 3.25. The Morgan fingerprint density at radius 3 is 2.78 bits per heavy atom. The highest BCUT2D eigenvalue weighted by atomic mass is 16.5. The highest BCUT2D eigenvalue weighted by molar-refractivity contribution is 5.88. The van der Waals surface area contributed by atoms with Gasteiger partial charge in [0, 0.05) is 5.92 Å². The molecular weight excluding hydrogens is 294 g/mol. The van der Waals surface area contributed by atoms with Crippen molar-refractivity contribution in [3.05, 3.63) is 29.8 Å². The lowest BCUT2D eigenvalue weighted by Crippen LogP contribution is -2.31. The van der Waals surface area contributed by atoms with Crippen LogP contribution in [-0.2, 0) is 4.79 Å². The van der Waals surface area contributed by atoms with Gasteiger partial charge in [0.2, 0.25) is 5.91 Å². The maximum Gasteiger partial charge on any atom is 0.335 e. The molecule has 1 spiro atoms. The summed E-state index contributed by atoms with van der Waals surface area (Å²) in [6.07, 6.45) is 7.26. The van der Waals surface area contributed by atoms with E-state index in [9.17, 15) is 9.59 Å². The molecule has 3 rings (SSSR count). The predicted molar refractivity (Wildman–Crippen MR) is 85.5 cm³/mol. The van der Waals surface area contributed by atoms with Gasteiger partial charge in [0.25, 0.3) is 0 Å². The van der Waals surface area contributed by atoms with Crippen LogP contribution in [0.15, 0.2) is 24.3 Å². The molecule has 1 atom stereocenters. The first kappa shape index (κ1) is 15.8. The number of rotatable bonds is 6. The van der Waals surface area contributed by atoms with Gasteiger partial charge in [-0.3, -0.25) is 4.79 Å². The molecule has 1 aromatic rings. The van der Waals surface area contributed by atoms with Crippen LogP contribution in [0.25, 0.3) is 0 Å². The van der Waals surface area contributed by atoms with Crippen molar-refractivity contribution in [1.82, 2.24) is 5.32 Å². The second kappa shape index (κ2) is 6.60. The molecule has 0 saturated heterocycles. The molecule has 0 aromatic heterocycles. The first-order chi connectivity index (χ1) is 11.1. The van der Waals surface area contributed by atoms with Crippen molar-refractivity contribution < 1.29 is 19.4 Å². The second-order valence-corrected chi connectivity index (χ2v) is 6.65. The molecule has 2 fully saturated rings. The van der Waals surface area contributed by atoms with Gasteiger partial charge < -0.3 is 15.2 Å². The number of hydrogen-bond acceptors (Lipinski definition) is 3. The van der Waals surface area contributed by atoms with Gasteiger partial charge in [-0.25, -0.2) is 4.79 Å². The van der Waals surface area contributed by atoms with Crippen molar-refractivity contribution in [2.75, 3.05) is 13.2 Å². The van der Waals surface area contributed by atoms with E-state index in [0.29, 0.717) is 24.3 Å². The minimum absolute atomic E-state index is 0.148. The third-order valence-electron chi connectivity index (χ3n) is 5.11. The zero-order valence-electron chi connectivity index (χ0n) is 13.2. The topological polar surface area (TPSA) is 75.6 Å². The summed E-state index contributed by atoms with van der Waals surface area (Å²) >= 11 is 0. The van der Waals surface area contributed by atoms with E-state index in [2.05, 4.69) is 5.32 Å². The summed E-state index contributed by atoms with van der Waals surface area (Å²) in [5, 5.41) is 11.9.